The van der Waals surface area contributed by atoms with Gasteiger partial charge < -0.3 is 89.7 Å². The van der Waals surface area contributed by atoms with E-state index in [0.717, 1.165) is 171 Å². The van der Waals surface area contributed by atoms with Crippen LogP contribution in [0.5, 0.6) is 5.75 Å². The van der Waals surface area contributed by atoms with Gasteiger partial charge in [-0.2, -0.15) is 5.21 Å². The average Bonchev–Trinajstić information content (AvgIpc) is 1.13. The van der Waals surface area contributed by atoms with Crippen LogP contribution in [0, 0.1) is 43.0 Å². The summed E-state index contributed by atoms with van der Waals surface area (Å²) in [6, 6.07) is 72.8. The van der Waals surface area contributed by atoms with Crippen LogP contribution >= 0.6 is 0 Å². The van der Waals surface area contributed by atoms with Crippen LogP contribution in [0.2, 0.25) is 0 Å². The molecule has 0 radical (unpaired) electrons. The maximum atomic E-state index is 11.2. The van der Waals surface area contributed by atoms with Crippen LogP contribution in [-0.4, -0.2) is 296 Å². The molecule has 0 bridgehead atoms. The zero-order valence-electron chi connectivity index (χ0n) is 83.4. The third-order valence-electron chi connectivity index (χ3n) is 28.1. The van der Waals surface area contributed by atoms with Gasteiger partial charge >= 0.3 is 17.9 Å². The number of hydrogen-bond donors (Lipinski definition) is 9. The lowest BCUT2D eigenvalue weighted by molar-refractivity contribution is -0.384. The summed E-state index contributed by atoms with van der Waals surface area (Å²) in [5, 5.41) is 107. The topological polar surface area (TPSA) is 371 Å². The molecular weight excluding hydrogens is 1850 g/mol. The van der Waals surface area contributed by atoms with E-state index < -0.39 is 50.8 Å². The minimum atomic E-state index is -0.972. The lowest BCUT2D eigenvalue weighted by Gasteiger charge is -2.40. The van der Waals surface area contributed by atoms with Gasteiger partial charge in [-0.05, 0) is 232 Å². The molecule has 9 N–H and O–H groups in total. The number of anilines is 4. The van der Waals surface area contributed by atoms with Crippen LogP contribution in [0.1, 0.15) is 123 Å². The van der Waals surface area contributed by atoms with Crippen LogP contribution in [0.4, 0.5) is 56.9 Å². The second kappa shape index (κ2) is 53.1. The first-order valence-corrected chi connectivity index (χ1v) is 49.3. The van der Waals surface area contributed by atoms with Crippen molar-refractivity contribution in [1.29, 1.82) is 0 Å². The molecule has 5 saturated heterocycles. The molecule has 0 aliphatic carbocycles. The lowest BCUT2D eigenvalue weighted by Crippen LogP contribution is -2.50. The van der Waals surface area contributed by atoms with E-state index in [1.165, 1.54) is 52.1 Å². The number of carboxylic acid groups (broad SMARTS) is 3. The summed E-state index contributed by atoms with van der Waals surface area (Å²) in [5.74, 6) is -1.73. The van der Waals surface area contributed by atoms with E-state index >= 15 is 0 Å². The molecule has 0 unspecified atom stereocenters. The predicted octanol–water partition coefficient (Wildman–Crippen LogP) is 16.8. The third-order valence-corrected chi connectivity index (χ3v) is 28.1. The normalized spacial score (nSPS) is 16.2. The number of nitrogens with one attached hydrogen (secondary N) is 1. The average molecular weight is 1980 g/mol. The van der Waals surface area contributed by atoms with Gasteiger partial charge in [-0.15, -0.1) is 10.2 Å². The Kier molecular flexibility index (Phi) is 40.0. The molecular formula is C113H131N19O14. The number of nitro groups is 1. The molecule has 146 heavy (non-hydrogen) atoms. The van der Waals surface area contributed by atoms with E-state index in [1.54, 1.807) is 66.7 Å². The minimum absolute atomic E-state index is 0.0675. The number of tetrazole rings is 1. The fraction of sp³-hybridized carbons (Fsp3) is 0.389. The number of ether oxygens (including phenoxy) is 1. The molecule has 10 aromatic carbocycles. The fourth-order valence-electron chi connectivity index (χ4n) is 18.6. The van der Waals surface area contributed by atoms with Crippen molar-refractivity contribution in [3.8, 4) is 17.1 Å². The molecule has 11 aromatic rings. The number of likely N-dealkylation sites (tertiary alicyclic amines) is 5. The summed E-state index contributed by atoms with van der Waals surface area (Å²) < 4.78 is 5.68. The highest BCUT2D eigenvalue weighted by Crippen LogP contribution is 2.35. The SMILES string of the molecule is [C-]#[N+]c1ccc(CCN2CCC(O)(CN(C)c3ccc(-c4nn[nH]n4)cc3)CC2)cc1.[C-]#[N+]c1ccc(CCN2CCC(O)(CN(C)c3ccc(C(=O)O)cc3)CC2)cc1.[C-]#[N+]c1ccc(CCN2CCC(O)(CN(C)c3ccc([N+](=O)[O-])cc3)CC2)cc1.[C-]#[N+]c1ccc(CCN2CCC(O)(CN(C)c3cccc(C(=O)O)c3)CC2)cc1.[C-]#[N+]c1ccc(CCN2CCC(O)(COc3ccc(C(=O)O)cc3)CC2)cc1. The van der Waals surface area contributed by atoms with Crippen LogP contribution in [0.15, 0.2) is 243 Å². The Labute approximate surface area is 854 Å². The number of piperidine rings is 5. The van der Waals surface area contributed by atoms with Crippen LogP contribution in [-0.2, 0) is 32.1 Å². The number of nitrogens with zero attached hydrogens (tertiary/aromatic N) is 18. The molecule has 0 saturated carbocycles. The number of hydrogen-bond acceptors (Lipinski definition) is 23. The Bertz CT molecular complexity index is 6070. The van der Waals surface area contributed by atoms with Gasteiger partial charge in [0.25, 0.3) is 5.69 Å². The highest BCUT2D eigenvalue weighted by atomic mass is 16.6. The predicted molar refractivity (Wildman–Crippen MR) is 567 cm³/mol. The second-order valence-corrected chi connectivity index (χ2v) is 38.8. The Hall–Kier alpha value is -14.9. The molecule has 33 heteroatoms. The lowest BCUT2D eigenvalue weighted by atomic mass is 9.90. The number of H-pyrrole nitrogens is 1. The van der Waals surface area contributed by atoms with E-state index in [-0.39, 0.29) is 29.0 Å². The van der Waals surface area contributed by atoms with Gasteiger partial charge in [0.2, 0.25) is 5.82 Å². The minimum Gasteiger partial charge on any atom is -0.491 e. The first-order valence-electron chi connectivity index (χ1n) is 49.3. The molecule has 762 valence electrons. The molecule has 5 aliphatic heterocycles. The molecule has 5 fully saturated rings. The number of carbonyl (C=O) groups is 3. The van der Waals surface area contributed by atoms with Crippen molar-refractivity contribution >= 4 is 74.8 Å². The molecule has 0 amide bonds. The quantitative estimate of drug-likeness (QED) is 0.0101. The number of likely N-dealkylation sites (N-methyl/N-ethyl adjacent to an activating group) is 4. The number of aliphatic hydroxyl groups is 5. The largest absolute Gasteiger partial charge is 0.491 e. The van der Waals surface area contributed by atoms with Crippen molar-refractivity contribution in [3.63, 3.8) is 0 Å². The maximum absolute atomic E-state index is 11.2. The fourth-order valence-corrected chi connectivity index (χ4v) is 18.6. The van der Waals surface area contributed by atoms with Crippen molar-refractivity contribution in [2.24, 2.45) is 0 Å². The number of aromatic carboxylic acids is 3. The smallest absolute Gasteiger partial charge is 0.335 e. The van der Waals surface area contributed by atoms with Crippen LogP contribution < -0.4 is 24.3 Å². The van der Waals surface area contributed by atoms with Gasteiger partial charge in [-0.1, -0.05) is 127 Å². The number of carboxylic acids is 3. The second-order valence-electron chi connectivity index (χ2n) is 38.8. The first kappa shape index (κ1) is 110. The zero-order chi connectivity index (χ0) is 104. The summed E-state index contributed by atoms with van der Waals surface area (Å²) in [6.45, 7) is 50.5. The number of nitro benzene ring substituents is 1. The number of rotatable bonds is 35. The van der Waals surface area contributed by atoms with Gasteiger partial charge in [0.05, 0.1) is 76.9 Å². The molecule has 16 rings (SSSR count). The van der Waals surface area contributed by atoms with E-state index in [0.29, 0.717) is 118 Å². The highest BCUT2D eigenvalue weighted by Gasteiger charge is 2.39. The molecule has 6 heterocycles. The number of aromatic nitrogens is 4. The standard InChI is InChI=1S/C23H27N7O.2C23H27N3O3.C22H26N4O3.C22H24N2O4/c1-24-20-7-3-18(4-8-20)11-14-30-15-12-23(31,13-16-30)17-29(2)21-9-5-19(6-10-21)22-25-27-28-26-22;1-24-20-7-3-18(4-8-20)11-14-26-15-12-23(29,13-16-26)17-25(2)21-9-5-19(6-10-21)22(27)28;1-24-20-8-6-18(7-9-20)10-13-26-14-11-23(29,12-15-26)17-25(2)21-5-3-4-19(16-21)22(27)28;1-23-19-5-3-18(4-6-19)11-14-25-15-12-22(27,13-16-25)17-24(2)20-7-9-21(10-8-20)26(28)29;1-23-19-6-2-17(3-7-19)10-13-24-14-11-22(27,12-15-24)16-28-20-8-4-18(5-9-20)21(25)26/h3-10,31H,11-17H2,2H3,(H,25,26,27,28);3-10,29H,11-17H2,2H3,(H,27,28);3-9,16,29H,10-15,17H2,2H3,(H,27,28);3-10,27H,11-17H2,2H3;2-9,27H,10-16H2,(H,25,26). The molecule has 0 atom stereocenters. The van der Waals surface area contributed by atoms with Gasteiger partial charge in [0, 0.05) is 193 Å². The Balaban J connectivity index is 0.000000162. The van der Waals surface area contributed by atoms with E-state index in [1.807, 2.05) is 195 Å². The van der Waals surface area contributed by atoms with Gasteiger partial charge in [0.1, 0.15) is 18.0 Å². The molecule has 33 nitrogen and oxygen atoms in total. The van der Waals surface area contributed by atoms with E-state index in [4.69, 9.17) is 52.9 Å². The van der Waals surface area contributed by atoms with Crippen LogP contribution in [0.25, 0.3) is 35.6 Å². The molecule has 5 aliphatic rings. The van der Waals surface area contributed by atoms with Crippen molar-refractivity contribution in [3.05, 3.63) is 354 Å². The maximum Gasteiger partial charge on any atom is 0.335 e. The van der Waals surface area contributed by atoms with E-state index in [2.05, 4.69) is 74.2 Å². The number of aromatic amines is 1. The number of benzene rings is 10. The molecule has 1 aromatic heterocycles. The molecule has 0 spiro atoms. The van der Waals surface area contributed by atoms with E-state index in [9.17, 15) is 50.0 Å². The summed E-state index contributed by atoms with van der Waals surface area (Å²) in [5.41, 5.74) is 10.9. The summed E-state index contributed by atoms with van der Waals surface area (Å²) in [4.78, 5) is 80.3. The summed E-state index contributed by atoms with van der Waals surface area (Å²) in [6.07, 6.45) is 11.7. The van der Waals surface area contributed by atoms with Gasteiger partial charge in [0.15, 0.2) is 28.4 Å². The van der Waals surface area contributed by atoms with Gasteiger partial charge in [-0.25, -0.2) is 38.6 Å². The Morgan fingerprint density at radius 1 is 0.363 bits per heavy atom. The van der Waals surface area contributed by atoms with Crippen molar-refractivity contribution < 1.29 is 64.9 Å². The zero-order valence-corrected chi connectivity index (χ0v) is 83.4. The summed E-state index contributed by atoms with van der Waals surface area (Å²) >= 11 is 0. The van der Waals surface area contributed by atoms with Crippen molar-refractivity contribution in [2.45, 2.75) is 124 Å². The van der Waals surface area contributed by atoms with Crippen LogP contribution in [0.3, 0.4) is 0 Å². The monoisotopic (exact) mass is 1980 g/mol. The number of non-ortho nitro benzene ring substituents is 1. The van der Waals surface area contributed by atoms with Gasteiger partial charge in [-0.3, -0.25) is 10.1 Å². The first-order chi connectivity index (χ1) is 70.2. The Morgan fingerprint density at radius 3 is 0.897 bits per heavy atom. The highest BCUT2D eigenvalue weighted by molar-refractivity contribution is 5.89. The van der Waals surface area contributed by atoms with Crippen molar-refractivity contribution in [1.82, 2.24) is 45.1 Å². The Morgan fingerprint density at radius 2 is 0.630 bits per heavy atom. The van der Waals surface area contributed by atoms with Crippen molar-refractivity contribution in [2.75, 3.05) is 179 Å². The third kappa shape index (κ3) is 34.2. The summed E-state index contributed by atoms with van der Waals surface area (Å²) in [7, 11) is 7.73.